The molecule has 2 N–H and O–H groups in total. The molecule has 0 saturated carbocycles. The zero-order chi connectivity index (χ0) is 26.6. The largest absolute Gasteiger partial charge is 0.472 e. The number of anilines is 1. The second kappa shape index (κ2) is 7.35. The van der Waals surface area contributed by atoms with Crippen LogP contribution in [0.4, 0.5) is 5.82 Å². The maximum Gasteiger partial charge on any atom is 0.270 e. The van der Waals surface area contributed by atoms with Gasteiger partial charge in [0.25, 0.3) is 5.88 Å². The Morgan fingerprint density at radius 3 is 3.14 bits per heavy atom. The maximum absolute atomic E-state index is 10.4. The number of β-amino-alcohol motifs (C(OH)–C–C–N with tert-alkyl or cyclic N) is 1. The Kier molecular flexibility index (Phi) is 2.19. The van der Waals surface area contributed by atoms with E-state index in [9.17, 15) is 5.11 Å². The Hall–Kier alpha value is -0.960. The summed E-state index contributed by atoms with van der Waals surface area (Å²) in [6.07, 6.45) is -3.24. The number of nitrogens with zero attached hydrogens (tertiary/aromatic N) is 3. The summed E-state index contributed by atoms with van der Waals surface area (Å²) in [5.41, 5.74) is -2.84. The molecule has 1 aromatic rings. The van der Waals surface area contributed by atoms with Gasteiger partial charge in [-0.1, -0.05) is 0 Å². The molecule has 0 bridgehead atoms. The van der Waals surface area contributed by atoms with Gasteiger partial charge in [0.2, 0.25) is 5.82 Å². The summed E-state index contributed by atoms with van der Waals surface area (Å²) in [5.74, 6) is -0.533. The molecule has 0 aliphatic carbocycles. The van der Waals surface area contributed by atoms with Crippen LogP contribution < -0.4 is 15.0 Å². The molecule has 1 atom stereocenters. The lowest BCUT2D eigenvalue weighted by Crippen LogP contribution is -2.42. The van der Waals surface area contributed by atoms with Crippen molar-refractivity contribution in [3.63, 3.8) is 0 Å². The van der Waals surface area contributed by atoms with Crippen molar-refractivity contribution in [2.45, 2.75) is 32.2 Å². The summed E-state index contributed by atoms with van der Waals surface area (Å²) < 4.78 is 118. The first-order valence-corrected chi connectivity index (χ1v) is 6.58. The van der Waals surface area contributed by atoms with Crippen LogP contribution in [0.5, 0.6) is 5.88 Å². The van der Waals surface area contributed by atoms with Crippen molar-refractivity contribution in [1.82, 2.24) is 14.1 Å². The molecule has 2 heterocycles. The van der Waals surface area contributed by atoms with Gasteiger partial charge in [0, 0.05) is 36.1 Å². The smallest absolute Gasteiger partial charge is 0.270 e. The number of morpholine rings is 1. The molecule has 1 aliphatic heterocycles. The van der Waals surface area contributed by atoms with Crippen LogP contribution in [0, 0.1) is 0 Å². The van der Waals surface area contributed by atoms with E-state index in [1.165, 1.54) is 0 Å². The molecule has 7 nitrogen and oxygen atoms in total. The van der Waals surface area contributed by atoms with Gasteiger partial charge in [-0.3, -0.25) is 0 Å². The van der Waals surface area contributed by atoms with Gasteiger partial charge in [-0.25, -0.2) is 0 Å². The number of ether oxygens (including phenoxy) is 2. The fourth-order valence-corrected chi connectivity index (χ4v) is 1.83. The third-order valence-electron chi connectivity index (χ3n) is 2.20. The molecule has 0 spiro atoms. The minimum absolute atomic E-state index is 0.153. The van der Waals surface area contributed by atoms with Gasteiger partial charge in [0.05, 0.1) is 31.7 Å². The van der Waals surface area contributed by atoms with Gasteiger partial charge in [0.1, 0.15) is 12.7 Å². The molecule has 21 heavy (non-hydrogen) atoms. The Balaban J connectivity index is 2.24. The Bertz CT molecular complexity index is 843. The molecule has 120 valence electrons. The minimum Gasteiger partial charge on any atom is -0.472 e. The van der Waals surface area contributed by atoms with E-state index in [2.05, 4.69) is 8.75 Å². The normalized spacial score (nSPS) is 35.1. The second-order valence-corrected chi connectivity index (χ2v) is 4.78. The lowest BCUT2D eigenvalue weighted by Gasteiger charge is -2.27. The molecule has 1 saturated heterocycles. The van der Waals surface area contributed by atoms with E-state index in [4.69, 9.17) is 27.3 Å². The van der Waals surface area contributed by atoms with Crippen molar-refractivity contribution < 1.29 is 32.4 Å². The van der Waals surface area contributed by atoms with Crippen molar-refractivity contribution in [3.8, 4) is 5.88 Å². The Morgan fingerprint density at radius 1 is 1.67 bits per heavy atom. The average molecular weight is 330 g/mol. The number of hydrogen-bond donors (Lipinski definition) is 2. The van der Waals surface area contributed by atoms with E-state index in [1.807, 2.05) is 0 Å². The average Bonchev–Trinajstić information content (AvgIpc) is 3.03. The quantitative estimate of drug-likeness (QED) is 0.787. The van der Waals surface area contributed by atoms with Gasteiger partial charge in [-0.2, -0.15) is 4.37 Å². The van der Waals surface area contributed by atoms with Crippen LogP contribution in [0.2, 0.25) is 0 Å². The summed E-state index contributed by atoms with van der Waals surface area (Å²) in [6.45, 7) is -16.0. The lowest BCUT2D eigenvalue weighted by atomic mass is 10.1. The zero-order valence-corrected chi connectivity index (χ0v) is 12.0. The zero-order valence-electron chi connectivity index (χ0n) is 24.1. The number of nitrogens with one attached hydrogen (secondary N) is 1. The van der Waals surface area contributed by atoms with E-state index in [0.717, 1.165) is 11.8 Å². The summed E-state index contributed by atoms with van der Waals surface area (Å²) in [6, 6.07) is 0. The first kappa shape index (κ1) is 6.27. The first-order valence-electron chi connectivity index (χ1n) is 12.4. The summed E-state index contributed by atoms with van der Waals surface area (Å²) >= 11 is 0.582. The first-order chi connectivity index (χ1) is 14.9. The van der Waals surface area contributed by atoms with E-state index >= 15 is 0 Å². The third-order valence-corrected chi connectivity index (χ3v) is 2.70. The molecule has 1 fully saturated rings. The Morgan fingerprint density at radius 2 is 2.43 bits per heavy atom. The molecule has 8 heteroatoms. The highest BCUT2D eigenvalue weighted by atomic mass is 32.1. The van der Waals surface area contributed by atoms with E-state index in [1.54, 1.807) is 5.32 Å². The third kappa shape index (κ3) is 5.39. The number of aromatic nitrogens is 2. The fraction of sp³-hybridized carbons (Fsp3) is 0.846. The highest BCUT2D eigenvalue weighted by Gasteiger charge is 2.21. The van der Waals surface area contributed by atoms with Gasteiger partial charge < -0.3 is 24.8 Å². The molecule has 1 aliphatic rings. The highest BCUT2D eigenvalue weighted by Crippen LogP contribution is 2.26. The standard InChI is InChI=1S/C13H24N4O3S/c1-13(2,3)14-8-10(18)9-20-12-11(15-21-16-12)17-4-6-19-7-5-17/h10,14,18H,4-9H2,1-3H3/t10-/m0/s1/i1D3,2D3,6D2,7D2,8D2,10D. The topological polar surface area (TPSA) is 79.7 Å². The molecular formula is C13H24N4O3S. The SMILES string of the molecule is [2H]C1([2H])CN(c2nsnc2OC[C@@]([2H])(O)C([2H])([2H])NC(C)(C([2H])([2H])[2H])C([2H])([2H])[2H])CC([2H])([2H])O1. The van der Waals surface area contributed by atoms with E-state index < -0.39 is 64.6 Å². The minimum atomic E-state index is -3.32. The fourth-order valence-electron chi connectivity index (χ4n) is 1.31. The van der Waals surface area contributed by atoms with Crippen molar-refractivity contribution in [2.24, 2.45) is 0 Å². The van der Waals surface area contributed by atoms with Crippen molar-refractivity contribution in [3.05, 3.63) is 0 Å². The predicted octanol–water partition coefficient (Wildman–Crippen LogP) is 0.502. The van der Waals surface area contributed by atoms with Gasteiger partial charge in [-0.05, 0) is 20.6 Å². The number of rotatable bonds is 6. The van der Waals surface area contributed by atoms with Crippen LogP contribution in [0.3, 0.4) is 0 Å². The van der Waals surface area contributed by atoms with Crippen LogP contribution in [0.25, 0.3) is 0 Å². The molecule has 2 rings (SSSR count). The van der Waals surface area contributed by atoms with E-state index in [0.29, 0.717) is 11.7 Å². The number of hydrogen-bond acceptors (Lipinski definition) is 8. The molecule has 0 aromatic carbocycles. The lowest BCUT2D eigenvalue weighted by molar-refractivity contribution is 0.0975. The van der Waals surface area contributed by atoms with Crippen molar-refractivity contribution in [2.75, 3.05) is 44.2 Å². The Labute approximate surface area is 147 Å². The monoisotopic (exact) mass is 329 g/mol. The van der Waals surface area contributed by atoms with E-state index in [-0.39, 0.29) is 11.7 Å². The van der Waals surface area contributed by atoms with Crippen LogP contribution in [-0.4, -0.2) is 64.8 Å². The van der Waals surface area contributed by atoms with Crippen LogP contribution in [-0.2, 0) is 4.74 Å². The molecular weight excluding hydrogens is 292 g/mol. The summed E-state index contributed by atoms with van der Waals surface area (Å²) in [7, 11) is 0. The van der Waals surface area contributed by atoms with Crippen LogP contribution in [0.15, 0.2) is 0 Å². The van der Waals surface area contributed by atoms with Gasteiger partial charge in [-0.15, -0.1) is 4.37 Å². The molecule has 0 amide bonds. The summed E-state index contributed by atoms with van der Waals surface area (Å²) in [4.78, 5) is 1.12. The van der Waals surface area contributed by atoms with Crippen molar-refractivity contribution >= 4 is 17.5 Å². The molecule has 0 radical (unpaired) electrons. The van der Waals surface area contributed by atoms with Crippen molar-refractivity contribution in [1.29, 1.82) is 0 Å². The maximum atomic E-state index is 10.4. The molecule has 0 unspecified atom stereocenters. The summed E-state index contributed by atoms with van der Waals surface area (Å²) in [5, 5.41) is 12.2. The molecule has 1 aromatic heterocycles. The van der Waals surface area contributed by atoms with Gasteiger partial charge in [0.15, 0.2) is 0 Å². The van der Waals surface area contributed by atoms with Crippen LogP contribution in [0.1, 0.15) is 38.4 Å². The number of aliphatic hydroxyl groups is 1. The van der Waals surface area contributed by atoms with Crippen LogP contribution >= 0.6 is 11.7 Å². The highest BCUT2D eigenvalue weighted by molar-refractivity contribution is 6.99. The van der Waals surface area contributed by atoms with Gasteiger partial charge >= 0.3 is 0 Å². The second-order valence-electron chi connectivity index (χ2n) is 4.25. The predicted molar refractivity (Wildman–Crippen MR) is 82.2 cm³/mol.